The van der Waals surface area contributed by atoms with Gasteiger partial charge in [-0.25, -0.2) is 4.79 Å². The Balaban J connectivity index is 1.97. The van der Waals surface area contributed by atoms with Crippen molar-refractivity contribution in [1.82, 2.24) is 0 Å². The van der Waals surface area contributed by atoms with E-state index in [0.717, 1.165) is 49.8 Å². The fourth-order valence-corrected chi connectivity index (χ4v) is 4.88. The molecule has 0 aromatic carbocycles. The summed E-state index contributed by atoms with van der Waals surface area (Å²) in [5, 5.41) is 0. The molecule has 0 unspecified atom stereocenters. The molecule has 1 aromatic rings. The second-order valence-corrected chi connectivity index (χ2v) is 10.6. The normalized spacial score (nSPS) is 22.2. The average molecular weight is 416 g/mol. The Kier molecular flexibility index (Phi) is 6.73. The summed E-state index contributed by atoms with van der Waals surface area (Å²) in [7, 11) is 1.39. The van der Waals surface area contributed by atoms with Crippen LogP contribution >= 0.6 is 11.3 Å². The van der Waals surface area contributed by atoms with Crippen LogP contribution in [0.3, 0.4) is 0 Å². The molecule has 0 spiro atoms. The van der Waals surface area contributed by atoms with E-state index in [0.29, 0.717) is 16.5 Å². The van der Waals surface area contributed by atoms with Crippen molar-refractivity contribution in [3.63, 3.8) is 0 Å². The molecule has 2 saturated carbocycles. The van der Waals surface area contributed by atoms with Crippen molar-refractivity contribution in [3.05, 3.63) is 15.8 Å². The summed E-state index contributed by atoms with van der Waals surface area (Å²) in [5.74, 6) is 6.98. The van der Waals surface area contributed by atoms with Gasteiger partial charge in [-0.05, 0) is 77.7 Å². The number of ether oxygens (including phenoxy) is 1. The zero-order valence-corrected chi connectivity index (χ0v) is 19.2. The Morgan fingerprint density at radius 2 is 1.79 bits per heavy atom. The molecular weight excluding hydrogens is 382 g/mol. The van der Waals surface area contributed by atoms with Crippen LogP contribution in [0.15, 0.2) is 6.07 Å². The van der Waals surface area contributed by atoms with E-state index in [9.17, 15) is 9.59 Å². The number of anilines is 1. The van der Waals surface area contributed by atoms with E-state index in [1.807, 2.05) is 11.0 Å². The maximum absolute atomic E-state index is 13.6. The third kappa shape index (κ3) is 5.22. The lowest BCUT2D eigenvalue weighted by molar-refractivity contribution is -0.124. The number of thiophene rings is 1. The van der Waals surface area contributed by atoms with Gasteiger partial charge in [0.25, 0.3) is 0 Å². The fraction of sp³-hybridized carbons (Fsp3) is 0.667. The molecular formula is C24H33NO3S. The Bertz CT molecular complexity index is 811. The molecule has 0 bridgehead atoms. The topological polar surface area (TPSA) is 46.6 Å². The van der Waals surface area contributed by atoms with E-state index in [4.69, 9.17) is 4.74 Å². The average Bonchev–Trinajstić information content (AvgIpc) is 3.05. The van der Waals surface area contributed by atoms with Gasteiger partial charge in [0.2, 0.25) is 5.91 Å². The van der Waals surface area contributed by atoms with Crippen molar-refractivity contribution in [2.45, 2.75) is 78.7 Å². The summed E-state index contributed by atoms with van der Waals surface area (Å²) in [4.78, 5) is 29.3. The smallest absolute Gasteiger partial charge is 0.350 e. The maximum atomic E-state index is 13.6. The molecule has 158 valence electrons. The van der Waals surface area contributed by atoms with Crippen molar-refractivity contribution < 1.29 is 14.3 Å². The van der Waals surface area contributed by atoms with Gasteiger partial charge < -0.3 is 9.64 Å². The van der Waals surface area contributed by atoms with Crippen molar-refractivity contribution in [3.8, 4) is 11.8 Å². The van der Waals surface area contributed by atoms with Gasteiger partial charge in [0, 0.05) is 17.4 Å². The van der Waals surface area contributed by atoms with E-state index in [1.165, 1.54) is 18.4 Å². The summed E-state index contributed by atoms with van der Waals surface area (Å²) in [6.45, 7) is 8.44. The summed E-state index contributed by atoms with van der Waals surface area (Å²) in [6, 6.07) is 2.11. The lowest BCUT2D eigenvalue weighted by Crippen LogP contribution is -2.48. The van der Waals surface area contributed by atoms with E-state index in [2.05, 4.69) is 39.5 Å². The summed E-state index contributed by atoms with van der Waals surface area (Å²) >= 11 is 1.34. The first-order valence-corrected chi connectivity index (χ1v) is 11.6. The van der Waals surface area contributed by atoms with E-state index in [1.54, 1.807) is 0 Å². The van der Waals surface area contributed by atoms with Gasteiger partial charge in [-0.15, -0.1) is 11.3 Å². The number of methoxy groups -OCH3 is 1. The molecule has 0 saturated heterocycles. The highest BCUT2D eigenvalue weighted by Gasteiger charge is 2.38. The van der Waals surface area contributed by atoms with Crippen LogP contribution in [0.25, 0.3) is 0 Å². The van der Waals surface area contributed by atoms with Gasteiger partial charge in [0.1, 0.15) is 4.88 Å². The number of hydrogen-bond acceptors (Lipinski definition) is 4. The Morgan fingerprint density at radius 1 is 1.14 bits per heavy atom. The molecule has 3 rings (SSSR count). The highest BCUT2D eigenvalue weighted by molar-refractivity contribution is 7.15. The van der Waals surface area contributed by atoms with Crippen molar-refractivity contribution in [1.29, 1.82) is 0 Å². The van der Waals surface area contributed by atoms with Gasteiger partial charge in [-0.2, -0.15) is 0 Å². The molecule has 0 aliphatic heterocycles. The first-order chi connectivity index (χ1) is 13.7. The Labute approximate surface area is 179 Å². The van der Waals surface area contributed by atoms with Crippen LogP contribution < -0.4 is 4.90 Å². The largest absolute Gasteiger partial charge is 0.465 e. The second kappa shape index (κ2) is 8.92. The van der Waals surface area contributed by atoms with Gasteiger partial charge in [-0.1, -0.05) is 18.8 Å². The molecule has 1 heterocycles. The van der Waals surface area contributed by atoms with Gasteiger partial charge >= 0.3 is 5.97 Å². The van der Waals surface area contributed by atoms with Crippen LogP contribution in [0.1, 0.15) is 87.2 Å². The predicted octanol–water partition coefficient (Wildman–Crippen LogP) is 5.64. The molecule has 1 aromatic heterocycles. The van der Waals surface area contributed by atoms with Crippen LogP contribution in [0.2, 0.25) is 0 Å². The lowest BCUT2D eigenvalue weighted by atomic mass is 9.81. The SMILES string of the molecule is COC(=O)c1sc(C#CC(C)(C)C)cc1N(C(=O)[C@H]1CC[C@H](C)CC1)C1CCC1. The first kappa shape index (κ1) is 21.9. The summed E-state index contributed by atoms with van der Waals surface area (Å²) < 4.78 is 5.04. The van der Waals surface area contributed by atoms with E-state index >= 15 is 0 Å². The van der Waals surface area contributed by atoms with Crippen LogP contribution in [0, 0.1) is 29.1 Å². The number of nitrogens with zero attached hydrogens (tertiary/aromatic N) is 1. The highest BCUT2D eigenvalue weighted by atomic mass is 32.1. The van der Waals surface area contributed by atoms with Crippen molar-refractivity contribution >= 4 is 28.9 Å². The zero-order chi connectivity index (χ0) is 21.2. The molecule has 0 atom stereocenters. The van der Waals surface area contributed by atoms with E-state index < -0.39 is 0 Å². The minimum Gasteiger partial charge on any atom is -0.465 e. The highest BCUT2D eigenvalue weighted by Crippen LogP contribution is 2.40. The van der Waals surface area contributed by atoms with Crippen molar-refractivity contribution in [2.24, 2.45) is 17.3 Å². The van der Waals surface area contributed by atoms with Crippen LogP contribution in [0.5, 0.6) is 0 Å². The fourth-order valence-electron chi connectivity index (χ4n) is 3.95. The predicted molar refractivity (Wildman–Crippen MR) is 118 cm³/mol. The number of esters is 1. The Hall–Kier alpha value is -1.80. The molecule has 2 aliphatic carbocycles. The standard InChI is InChI=1S/C24H33NO3S/c1-16-9-11-17(12-10-16)22(26)25(18-7-6-8-18)20-15-19(13-14-24(2,3)4)29-21(20)23(27)28-5/h15-18H,6-12H2,1-5H3/t16-,17-. The van der Waals surface area contributed by atoms with Gasteiger partial charge in [-0.3, -0.25) is 4.79 Å². The van der Waals surface area contributed by atoms with Crippen LogP contribution in [-0.2, 0) is 9.53 Å². The monoisotopic (exact) mass is 415 g/mol. The maximum Gasteiger partial charge on any atom is 0.350 e. The molecule has 2 fully saturated rings. The molecule has 5 heteroatoms. The summed E-state index contributed by atoms with van der Waals surface area (Å²) in [6.07, 6.45) is 7.21. The molecule has 0 N–H and O–H groups in total. The quantitative estimate of drug-likeness (QED) is 0.472. The minimum atomic E-state index is -0.386. The zero-order valence-electron chi connectivity index (χ0n) is 18.3. The van der Waals surface area contributed by atoms with Crippen LogP contribution in [-0.4, -0.2) is 25.0 Å². The van der Waals surface area contributed by atoms with Gasteiger partial charge in [0.15, 0.2) is 0 Å². The number of amides is 1. The first-order valence-electron chi connectivity index (χ1n) is 10.8. The molecule has 0 radical (unpaired) electrons. The third-order valence-corrected chi connectivity index (χ3v) is 6.97. The number of rotatable bonds is 4. The van der Waals surface area contributed by atoms with Crippen molar-refractivity contribution in [2.75, 3.05) is 12.0 Å². The molecule has 29 heavy (non-hydrogen) atoms. The molecule has 2 aliphatic rings. The number of hydrogen-bond donors (Lipinski definition) is 0. The third-order valence-electron chi connectivity index (χ3n) is 5.95. The molecule has 1 amide bonds. The van der Waals surface area contributed by atoms with E-state index in [-0.39, 0.29) is 29.3 Å². The van der Waals surface area contributed by atoms with Gasteiger partial charge in [0.05, 0.1) is 17.7 Å². The number of carbonyl (C=O) groups excluding carboxylic acids is 2. The summed E-state index contributed by atoms with van der Waals surface area (Å²) in [5.41, 5.74) is 0.575. The lowest BCUT2D eigenvalue weighted by Gasteiger charge is -2.40. The van der Waals surface area contributed by atoms with Crippen LogP contribution in [0.4, 0.5) is 5.69 Å². The number of carbonyl (C=O) groups is 2. The molecule has 4 nitrogen and oxygen atoms in total. The second-order valence-electron chi connectivity index (χ2n) is 9.57. The Morgan fingerprint density at radius 3 is 2.31 bits per heavy atom. The minimum absolute atomic E-state index is 0.0568.